The third-order valence-electron chi connectivity index (χ3n) is 3.17. The van der Waals surface area contributed by atoms with Crippen LogP contribution < -0.4 is 0 Å². The van der Waals surface area contributed by atoms with Crippen molar-refractivity contribution in [3.05, 3.63) is 36.5 Å². The Morgan fingerprint density at radius 1 is 0.750 bits per heavy atom. The molecule has 114 valence electrons. The van der Waals surface area contributed by atoms with Crippen LogP contribution in [0.25, 0.3) is 0 Å². The van der Waals surface area contributed by atoms with E-state index in [2.05, 4.69) is 31.2 Å². The number of carbonyl (C=O) groups excluding carboxylic acids is 1. The summed E-state index contributed by atoms with van der Waals surface area (Å²) in [5.74, 6) is 0.149. The molecule has 0 rings (SSSR count). The number of unbranched alkanes of at least 4 members (excludes halogenated alkanes) is 7. The Hall–Kier alpha value is -1.11. The molecule has 0 atom stereocenters. The van der Waals surface area contributed by atoms with Crippen molar-refractivity contribution in [2.45, 2.75) is 78.1 Å². The van der Waals surface area contributed by atoms with Crippen molar-refractivity contribution in [3.63, 3.8) is 0 Å². The van der Waals surface area contributed by atoms with Crippen LogP contribution in [0.5, 0.6) is 0 Å². The van der Waals surface area contributed by atoms with Gasteiger partial charge >= 0.3 is 0 Å². The van der Waals surface area contributed by atoms with E-state index in [0.29, 0.717) is 0 Å². The fourth-order valence-corrected chi connectivity index (χ4v) is 1.97. The lowest BCUT2D eigenvalue weighted by molar-refractivity contribution is -0.112. The maximum absolute atomic E-state index is 10.7. The molecule has 1 heteroatoms. The van der Waals surface area contributed by atoms with Gasteiger partial charge in [0.15, 0.2) is 5.78 Å². The summed E-state index contributed by atoms with van der Waals surface area (Å²) in [5.41, 5.74) is 0. The Kier molecular flexibility index (Phi) is 15.1. The Morgan fingerprint density at radius 2 is 1.30 bits per heavy atom. The third kappa shape index (κ3) is 16.9. The van der Waals surface area contributed by atoms with Gasteiger partial charge in [-0.3, -0.25) is 4.79 Å². The number of ketones is 1. The lowest BCUT2D eigenvalue weighted by Crippen LogP contribution is -1.80. The van der Waals surface area contributed by atoms with Gasteiger partial charge < -0.3 is 0 Å². The zero-order valence-electron chi connectivity index (χ0n) is 13.4. The van der Waals surface area contributed by atoms with Gasteiger partial charge in [0.1, 0.15) is 0 Å². The first-order chi connectivity index (χ1) is 9.77. The SMILES string of the molecule is CCCCC/C=C\C/C=C\CCCCC/C=C/C(C)=O. The van der Waals surface area contributed by atoms with Gasteiger partial charge in [-0.2, -0.15) is 0 Å². The van der Waals surface area contributed by atoms with E-state index in [-0.39, 0.29) is 5.78 Å². The Balaban J connectivity index is 3.25. The smallest absolute Gasteiger partial charge is 0.152 e. The summed E-state index contributed by atoms with van der Waals surface area (Å²) in [6.45, 7) is 3.84. The molecular weight excluding hydrogens is 244 g/mol. The van der Waals surface area contributed by atoms with Gasteiger partial charge in [-0.05, 0) is 57.9 Å². The highest BCUT2D eigenvalue weighted by Gasteiger charge is 1.87. The van der Waals surface area contributed by atoms with Crippen molar-refractivity contribution in [3.8, 4) is 0 Å². The predicted octanol–water partition coefficient (Wildman–Crippen LogP) is 6.16. The van der Waals surface area contributed by atoms with Crippen LogP contribution in [-0.4, -0.2) is 5.78 Å². The van der Waals surface area contributed by atoms with E-state index in [1.807, 2.05) is 6.08 Å². The van der Waals surface area contributed by atoms with Crippen LogP contribution >= 0.6 is 0 Å². The first-order valence-electron chi connectivity index (χ1n) is 8.24. The molecule has 0 heterocycles. The maximum atomic E-state index is 10.7. The molecule has 0 N–H and O–H groups in total. The molecule has 0 saturated carbocycles. The summed E-state index contributed by atoms with van der Waals surface area (Å²) in [6, 6.07) is 0. The number of rotatable bonds is 13. The molecule has 0 radical (unpaired) electrons. The topological polar surface area (TPSA) is 17.1 Å². The maximum Gasteiger partial charge on any atom is 0.152 e. The quantitative estimate of drug-likeness (QED) is 0.223. The monoisotopic (exact) mass is 276 g/mol. The van der Waals surface area contributed by atoms with E-state index in [1.165, 1.54) is 51.4 Å². The second kappa shape index (κ2) is 15.9. The van der Waals surface area contributed by atoms with Crippen molar-refractivity contribution in [1.29, 1.82) is 0 Å². The van der Waals surface area contributed by atoms with Crippen molar-refractivity contribution >= 4 is 5.78 Å². The average molecular weight is 276 g/mol. The van der Waals surface area contributed by atoms with Crippen molar-refractivity contribution in [2.75, 3.05) is 0 Å². The summed E-state index contributed by atoms with van der Waals surface area (Å²) in [7, 11) is 0. The van der Waals surface area contributed by atoms with Crippen LogP contribution in [-0.2, 0) is 4.79 Å². The van der Waals surface area contributed by atoms with Crippen LogP contribution in [0.1, 0.15) is 78.1 Å². The van der Waals surface area contributed by atoms with E-state index < -0.39 is 0 Å². The molecule has 0 saturated heterocycles. The van der Waals surface area contributed by atoms with E-state index in [9.17, 15) is 4.79 Å². The number of carbonyl (C=O) groups is 1. The zero-order chi connectivity index (χ0) is 14.9. The summed E-state index contributed by atoms with van der Waals surface area (Å²) < 4.78 is 0. The lowest BCUT2D eigenvalue weighted by atomic mass is 10.1. The lowest BCUT2D eigenvalue weighted by Gasteiger charge is -1.95. The first kappa shape index (κ1) is 18.9. The standard InChI is InChI=1S/C19H32O/c1-3-4-5-6-7-8-9-10-11-12-13-14-15-16-17-18-19(2)20/h7-8,10-11,17-18H,3-6,9,12-16H2,1-2H3/b8-7-,11-10-,18-17+. The van der Waals surface area contributed by atoms with Gasteiger partial charge in [0.05, 0.1) is 0 Å². The minimum atomic E-state index is 0.149. The van der Waals surface area contributed by atoms with E-state index >= 15 is 0 Å². The molecule has 0 aliphatic heterocycles. The fraction of sp³-hybridized carbons (Fsp3) is 0.632. The van der Waals surface area contributed by atoms with Crippen LogP contribution in [0, 0.1) is 0 Å². The fourth-order valence-electron chi connectivity index (χ4n) is 1.97. The van der Waals surface area contributed by atoms with Gasteiger partial charge in [0.2, 0.25) is 0 Å². The highest BCUT2D eigenvalue weighted by Crippen LogP contribution is 2.05. The van der Waals surface area contributed by atoms with Crippen molar-refractivity contribution in [2.24, 2.45) is 0 Å². The van der Waals surface area contributed by atoms with Gasteiger partial charge in [-0.25, -0.2) is 0 Å². The minimum absolute atomic E-state index is 0.149. The summed E-state index contributed by atoms with van der Waals surface area (Å²) in [4.78, 5) is 10.7. The summed E-state index contributed by atoms with van der Waals surface area (Å²) >= 11 is 0. The second-order valence-corrected chi connectivity index (χ2v) is 5.33. The minimum Gasteiger partial charge on any atom is -0.295 e. The zero-order valence-corrected chi connectivity index (χ0v) is 13.4. The molecule has 20 heavy (non-hydrogen) atoms. The molecule has 0 aromatic carbocycles. The molecule has 0 bridgehead atoms. The highest BCUT2D eigenvalue weighted by atomic mass is 16.1. The predicted molar refractivity (Wildman–Crippen MR) is 89.9 cm³/mol. The van der Waals surface area contributed by atoms with Crippen molar-refractivity contribution in [1.82, 2.24) is 0 Å². The van der Waals surface area contributed by atoms with E-state index in [4.69, 9.17) is 0 Å². The summed E-state index contributed by atoms with van der Waals surface area (Å²) in [6.07, 6.45) is 25.0. The Labute approximate surface area is 125 Å². The molecule has 1 nitrogen and oxygen atoms in total. The molecular formula is C19H32O. The Morgan fingerprint density at radius 3 is 1.85 bits per heavy atom. The molecule has 0 amide bonds. The van der Waals surface area contributed by atoms with Gasteiger partial charge in [0.25, 0.3) is 0 Å². The largest absolute Gasteiger partial charge is 0.295 e. The van der Waals surface area contributed by atoms with Gasteiger partial charge in [-0.1, -0.05) is 56.6 Å². The van der Waals surface area contributed by atoms with Gasteiger partial charge in [0, 0.05) is 0 Å². The number of hydrogen-bond acceptors (Lipinski definition) is 1. The first-order valence-corrected chi connectivity index (χ1v) is 8.24. The highest BCUT2D eigenvalue weighted by molar-refractivity contribution is 5.87. The van der Waals surface area contributed by atoms with Crippen molar-refractivity contribution < 1.29 is 4.79 Å². The van der Waals surface area contributed by atoms with Crippen LogP contribution in [0.4, 0.5) is 0 Å². The van der Waals surface area contributed by atoms with E-state index in [1.54, 1.807) is 13.0 Å². The second-order valence-electron chi connectivity index (χ2n) is 5.33. The third-order valence-corrected chi connectivity index (χ3v) is 3.17. The van der Waals surface area contributed by atoms with Crippen LogP contribution in [0.3, 0.4) is 0 Å². The molecule has 0 unspecified atom stereocenters. The molecule has 0 aliphatic rings. The van der Waals surface area contributed by atoms with Crippen LogP contribution in [0.15, 0.2) is 36.5 Å². The van der Waals surface area contributed by atoms with E-state index in [0.717, 1.165) is 12.8 Å². The average Bonchev–Trinajstić information content (AvgIpc) is 2.43. The molecule has 0 aliphatic carbocycles. The summed E-state index contributed by atoms with van der Waals surface area (Å²) in [5, 5.41) is 0. The number of allylic oxidation sites excluding steroid dienone is 6. The van der Waals surface area contributed by atoms with Crippen LogP contribution in [0.2, 0.25) is 0 Å². The molecule has 0 aromatic rings. The normalized spacial score (nSPS) is 12.1. The van der Waals surface area contributed by atoms with Gasteiger partial charge in [-0.15, -0.1) is 0 Å². The molecule has 0 spiro atoms. The molecule has 0 aromatic heterocycles. The number of hydrogen-bond donors (Lipinski definition) is 0. The molecule has 0 fully saturated rings. The Bertz CT molecular complexity index is 297.